The Hall–Kier alpha value is -2.58. The maximum Gasteiger partial charge on any atom is 0.238 e. The standard InChI is InChI=1S/C23H20O2/c1-16-11-12-22-19(13-16)20(17-7-3-2-4-8-17)14-23(25-22)21-10-6-5-9-18(21)15-24-23/h2-13,20H,14-15H2,1H3/t20-,23+/m0/s1. The van der Waals surface area contributed by atoms with E-state index < -0.39 is 5.79 Å². The summed E-state index contributed by atoms with van der Waals surface area (Å²) >= 11 is 0. The van der Waals surface area contributed by atoms with Gasteiger partial charge in [-0.3, -0.25) is 0 Å². The fourth-order valence-corrected chi connectivity index (χ4v) is 4.16. The summed E-state index contributed by atoms with van der Waals surface area (Å²) < 4.78 is 12.8. The first-order valence-electron chi connectivity index (χ1n) is 8.82. The van der Waals surface area contributed by atoms with Gasteiger partial charge in [-0.05, 0) is 24.1 Å². The highest BCUT2D eigenvalue weighted by molar-refractivity contribution is 5.48. The lowest BCUT2D eigenvalue weighted by Gasteiger charge is -2.40. The third-order valence-corrected chi connectivity index (χ3v) is 5.38. The summed E-state index contributed by atoms with van der Waals surface area (Å²) in [5.74, 6) is 0.512. The molecule has 2 aliphatic rings. The Bertz CT molecular complexity index is 932. The number of benzene rings is 3. The lowest BCUT2D eigenvalue weighted by molar-refractivity contribution is -0.195. The lowest BCUT2D eigenvalue weighted by atomic mass is 9.80. The summed E-state index contributed by atoms with van der Waals surface area (Å²) in [4.78, 5) is 0. The molecule has 0 saturated heterocycles. The van der Waals surface area contributed by atoms with Crippen LogP contribution in [0.25, 0.3) is 0 Å². The van der Waals surface area contributed by atoms with Crippen molar-refractivity contribution in [1.82, 2.24) is 0 Å². The molecule has 3 aromatic carbocycles. The zero-order chi connectivity index (χ0) is 16.9. The second-order valence-corrected chi connectivity index (χ2v) is 7.01. The number of aryl methyl sites for hydroxylation is 1. The van der Waals surface area contributed by atoms with E-state index in [0.29, 0.717) is 6.61 Å². The first-order valence-corrected chi connectivity index (χ1v) is 8.82. The third kappa shape index (κ3) is 2.29. The third-order valence-electron chi connectivity index (χ3n) is 5.38. The fourth-order valence-electron chi connectivity index (χ4n) is 4.16. The lowest BCUT2D eigenvalue weighted by Crippen LogP contribution is -2.38. The van der Waals surface area contributed by atoms with Crippen LogP contribution in [-0.4, -0.2) is 0 Å². The van der Waals surface area contributed by atoms with Crippen molar-refractivity contribution in [3.05, 3.63) is 101 Å². The van der Waals surface area contributed by atoms with E-state index in [1.807, 2.05) is 0 Å². The molecule has 0 radical (unpaired) electrons. The summed E-state index contributed by atoms with van der Waals surface area (Å²) in [5, 5.41) is 0. The van der Waals surface area contributed by atoms with Crippen molar-refractivity contribution in [1.29, 1.82) is 0 Å². The summed E-state index contributed by atoms with van der Waals surface area (Å²) in [5.41, 5.74) is 6.22. The molecule has 0 bridgehead atoms. The second kappa shape index (κ2) is 5.47. The van der Waals surface area contributed by atoms with E-state index in [4.69, 9.17) is 9.47 Å². The topological polar surface area (TPSA) is 18.5 Å². The normalized spacial score (nSPS) is 23.8. The molecule has 3 aromatic rings. The first-order chi connectivity index (χ1) is 12.3. The summed E-state index contributed by atoms with van der Waals surface area (Å²) in [7, 11) is 0. The number of ether oxygens (including phenoxy) is 2. The predicted octanol–water partition coefficient (Wildman–Crippen LogP) is 5.29. The SMILES string of the molecule is Cc1ccc2c(c1)[C@H](c1ccccc1)C[C@@]1(OCc3ccccc31)O2. The average molecular weight is 328 g/mol. The van der Waals surface area contributed by atoms with Gasteiger partial charge in [0.2, 0.25) is 5.79 Å². The molecule has 0 fully saturated rings. The average Bonchev–Trinajstić information content (AvgIpc) is 3.01. The molecule has 124 valence electrons. The molecule has 5 rings (SSSR count). The minimum Gasteiger partial charge on any atom is -0.458 e. The van der Waals surface area contributed by atoms with Gasteiger partial charge in [-0.2, -0.15) is 0 Å². The smallest absolute Gasteiger partial charge is 0.238 e. The molecular formula is C23H20O2. The van der Waals surface area contributed by atoms with Gasteiger partial charge in [-0.25, -0.2) is 0 Å². The van der Waals surface area contributed by atoms with Gasteiger partial charge < -0.3 is 9.47 Å². The molecule has 2 aliphatic heterocycles. The molecule has 25 heavy (non-hydrogen) atoms. The Balaban J connectivity index is 1.68. The van der Waals surface area contributed by atoms with E-state index in [1.54, 1.807) is 0 Å². The molecule has 0 N–H and O–H groups in total. The van der Waals surface area contributed by atoms with Crippen LogP contribution in [-0.2, 0) is 17.1 Å². The van der Waals surface area contributed by atoms with E-state index in [9.17, 15) is 0 Å². The Morgan fingerprint density at radius 2 is 1.72 bits per heavy atom. The minimum absolute atomic E-state index is 0.260. The highest BCUT2D eigenvalue weighted by atomic mass is 16.7. The van der Waals surface area contributed by atoms with Crippen molar-refractivity contribution in [3.8, 4) is 5.75 Å². The molecule has 0 saturated carbocycles. The highest BCUT2D eigenvalue weighted by Gasteiger charge is 2.48. The van der Waals surface area contributed by atoms with Crippen LogP contribution in [0, 0.1) is 6.92 Å². The van der Waals surface area contributed by atoms with Crippen molar-refractivity contribution >= 4 is 0 Å². The monoisotopic (exact) mass is 328 g/mol. The zero-order valence-electron chi connectivity index (χ0n) is 14.2. The van der Waals surface area contributed by atoms with Gasteiger partial charge in [0.25, 0.3) is 0 Å². The first kappa shape index (κ1) is 14.7. The molecule has 2 atom stereocenters. The van der Waals surface area contributed by atoms with E-state index in [1.165, 1.54) is 27.8 Å². The van der Waals surface area contributed by atoms with E-state index in [0.717, 1.165) is 12.2 Å². The van der Waals surface area contributed by atoms with Gasteiger partial charge in [-0.15, -0.1) is 0 Å². The molecule has 0 aromatic heterocycles. The van der Waals surface area contributed by atoms with E-state index in [2.05, 4.69) is 79.7 Å². The number of hydrogen-bond donors (Lipinski definition) is 0. The molecule has 1 spiro atoms. The Labute approximate surface area is 148 Å². The van der Waals surface area contributed by atoms with Crippen LogP contribution >= 0.6 is 0 Å². The Kier molecular flexibility index (Phi) is 3.22. The van der Waals surface area contributed by atoms with Crippen LogP contribution in [0.15, 0.2) is 72.8 Å². The number of hydrogen-bond acceptors (Lipinski definition) is 2. The summed E-state index contributed by atoms with van der Waals surface area (Å²) in [6, 6.07) is 25.6. The molecule has 0 unspecified atom stereocenters. The van der Waals surface area contributed by atoms with Crippen molar-refractivity contribution in [3.63, 3.8) is 0 Å². The van der Waals surface area contributed by atoms with E-state index in [-0.39, 0.29) is 5.92 Å². The van der Waals surface area contributed by atoms with Crippen molar-refractivity contribution in [2.75, 3.05) is 0 Å². The van der Waals surface area contributed by atoms with Crippen LogP contribution < -0.4 is 4.74 Å². The maximum absolute atomic E-state index is 6.49. The summed E-state index contributed by atoms with van der Waals surface area (Å²) in [6.45, 7) is 2.74. The second-order valence-electron chi connectivity index (χ2n) is 7.01. The quantitative estimate of drug-likeness (QED) is 0.604. The van der Waals surface area contributed by atoms with Crippen molar-refractivity contribution in [2.24, 2.45) is 0 Å². The molecule has 0 amide bonds. The molecule has 2 nitrogen and oxygen atoms in total. The fraction of sp³-hybridized carbons (Fsp3) is 0.217. The van der Waals surface area contributed by atoms with Crippen LogP contribution in [0.1, 0.15) is 40.2 Å². The number of fused-ring (bicyclic) bond motifs is 3. The molecular weight excluding hydrogens is 308 g/mol. The van der Waals surface area contributed by atoms with Crippen LogP contribution in [0.2, 0.25) is 0 Å². The number of rotatable bonds is 1. The Morgan fingerprint density at radius 1 is 0.920 bits per heavy atom. The van der Waals surface area contributed by atoms with Crippen molar-refractivity contribution in [2.45, 2.75) is 31.7 Å². The van der Waals surface area contributed by atoms with Crippen LogP contribution in [0.3, 0.4) is 0 Å². The summed E-state index contributed by atoms with van der Waals surface area (Å²) in [6.07, 6.45) is 0.796. The van der Waals surface area contributed by atoms with Gasteiger partial charge in [-0.1, -0.05) is 72.3 Å². The Morgan fingerprint density at radius 3 is 2.60 bits per heavy atom. The minimum atomic E-state index is -0.681. The maximum atomic E-state index is 6.49. The van der Waals surface area contributed by atoms with Crippen LogP contribution in [0.4, 0.5) is 0 Å². The van der Waals surface area contributed by atoms with E-state index >= 15 is 0 Å². The van der Waals surface area contributed by atoms with Gasteiger partial charge in [0.1, 0.15) is 5.75 Å². The highest BCUT2D eigenvalue weighted by Crippen LogP contribution is 2.52. The van der Waals surface area contributed by atoms with Gasteiger partial charge in [0.05, 0.1) is 6.61 Å². The molecule has 2 heterocycles. The molecule has 2 heteroatoms. The van der Waals surface area contributed by atoms with Crippen molar-refractivity contribution < 1.29 is 9.47 Å². The zero-order valence-corrected chi connectivity index (χ0v) is 14.2. The largest absolute Gasteiger partial charge is 0.458 e. The molecule has 0 aliphatic carbocycles. The van der Waals surface area contributed by atoms with Gasteiger partial charge >= 0.3 is 0 Å². The van der Waals surface area contributed by atoms with Gasteiger partial charge in [0, 0.05) is 23.5 Å². The van der Waals surface area contributed by atoms with Crippen LogP contribution in [0.5, 0.6) is 5.75 Å². The van der Waals surface area contributed by atoms with Gasteiger partial charge in [0.15, 0.2) is 0 Å². The predicted molar refractivity (Wildman–Crippen MR) is 97.6 cm³/mol.